The SMILES string of the molecule is CN(C)C=Nc1ccc(NC(=O)/C(F)=C\c2cccn2C(=O)OC(C)(C)C)cc1C#N. The lowest BCUT2D eigenvalue weighted by Gasteiger charge is -2.20. The normalized spacial score (nSPS) is 11.8. The maximum atomic E-state index is 14.5. The number of hydrogen-bond donors (Lipinski definition) is 1. The lowest BCUT2D eigenvalue weighted by molar-refractivity contribution is -0.114. The standard InChI is InChI=1S/C22H24FN5O3/c1-22(2,3)31-21(30)28-10-6-7-17(28)12-18(23)20(29)26-16-8-9-19(15(11-16)13-24)25-14-27(4)5/h6-12,14H,1-5H3,(H,26,29)/b18-12+,25-14?. The quantitative estimate of drug-likeness (QED) is 0.437. The number of aromatic nitrogens is 1. The van der Waals surface area contributed by atoms with Gasteiger partial charge in [-0.1, -0.05) is 0 Å². The molecular formula is C22H24FN5O3. The molecule has 0 saturated carbocycles. The zero-order valence-corrected chi connectivity index (χ0v) is 18.0. The summed E-state index contributed by atoms with van der Waals surface area (Å²) < 4.78 is 20.8. The molecule has 0 unspecified atom stereocenters. The number of benzene rings is 1. The third-order valence-electron chi connectivity index (χ3n) is 3.66. The Labute approximate surface area is 180 Å². The van der Waals surface area contributed by atoms with Gasteiger partial charge in [-0.05, 0) is 51.1 Å². The minimum absolute atomic E-state index is 0.146. The molecule has 9 heteroatoms. The summed E-state index contributed by atoms with van der Waals surface area (Å²) in [7, 11) is 3.58. The zero-order chi connectivity index (χ0) is 23.2. The molecule has 0 aliphatic rings. The average molecular weight is 425 g/mol. The highest BCUT2D eigenvalue weighted by Gasteiger charge is 2.19. The molecule has 0 spiro atoms. The lowest BCUT2D eigenvalue weighted by atomic mass is 10.1. The van der Waals surface area contributed by atoms with E-state index >= 15 is 0 Å². The van der Waals surface area contributed by atoms with Crippen LogP contribution in [0, 0.1) is 11.3 Å². The molecular weight excluding hydrogens is 401 g/mol. The maximum Gasteiger partial charge on any atom is 0.418 e. The first-order chi connectivity index (χ1) is 14.5. The van der Waals surface area contributed by atoms with Gasteiger partial charge in [0.15, 0.2) is 5.83 Å². The monoisotopic (exact) mass is 425 g/mol. The van der Waals surface area contributed by atoms with E-state index in [4.69, 9.17) is 4.74 Å². The minimum atomic E-state index is -1.11. The lowest BCUT2D eigenvalue weighted by Crippen LogP contribution is -2.27. The number of anilines is 1. The Morgan fingerprint density at radius 3 is 2.61 bits per heavy atom. The van der Waals surface area contributed by atoms with Crippen molar-refractivity contribution in [3.05, 3.63) is 53.6 Å². The molecule has 0 aliphatic carbocycles. The largest absolute Gasteiger partial charge is 0.443 e. The minimum Gasteiger partial charge on any atom is -0.443 e. The summed E-state index contributed by atoms with van der Waals surface area (Å²) in [5.41, 5.74) is 0.295. The predicted octanol–water partition coefficient (Wildman–Crippen LogP) is 4.31. The molecule has 0 radical (unpaired) electrons. The molecule has 1 aromatic carbocycles. The highest BCUT2D eigenvalue weighted by Crippen LogP contribution is 2.23. The van der Waals surface area contributed by atoms with Gasteiger partial charge in [-0.15, -0.1) is 0 Å². The summed E-state index contributed by atoms with van der Waals surface area (Å²) in [6.07, 6.45) is 3.19. The van der Waals surface area contributed by atoms with Gasteiger partial charge in [0.2, 0.25) is 0 Å². The molecule has 1 N–H and O–H groups in total. The number of aliphatic imine (C=N–C) groups is 1. The summed E-state index contributed by atoms with van der Waals surface area (Å²) in [5, 5.41) is 11.7. The third-order valence-corrected chi connectivity index (χ3v) is 3.66. The Balaban J connectivity index is 2.19. The second-order valence-corrected chi connectivity index (χ2v) is 7.78. The number of carbonyl (C=O) groups is 2. The molecule has 0 aliphatic heterocycles. The first-order valence-electron chi connectivity index (χ1n) is 9.34. The number of nitrogens with one attached hydrogen (secondary N) is 1. The van der Waals surface area contributed by atoms with Crippen molar-refractivity contribution in [2.75, 3.05) is 19.4 Å². The number of rotatable bonds is 5. The molecule has 1 aromatic heterocycles. The van der Waals surface area contributed by atoms with Crippen molar-refractivity contribution < 1.29 is 18.7 Å². The van der Waals surface area contributed by atoms with Crippen LogP contribution in [0.3, 0.4) is 0 Å². The van der Waals surface area contributed by atoms with Crippen LogP contribution >= 0.6 is 0 Å². The van der Waals surface area contributed by atoms with Crippen LogP contribution in [0.15, 0.2) is 47.3 Å². The van der Waals surface area contributed by atoms with Gasteiger partial charge in [0.05, 0.1) is 23.3 Å². The molecule has 8 nitrogen and oxygen atoms in total. The van der Waals surface area contributed by atoms with Crippen LogP contribution in [0.25, 0.3) is 6.08 Å². The van der Waals surface area contributed by atoms with E-state index in [1.165, 1.54) is 36.8 Å². The van der Waals surface area contributed by atoms with E-state index in [1.54, 1.807) is 45.8 Å². The fraction of sp³-hybridized carbons (Fsp3) is 0.273. The summed E-state index contributed by atoms with van der Waals surface area (Å²) in [5.74, 6) is -2.14. The highest BCUT2D eigenvalue weighted by molar-refractivity contribution is 6.05. The zero-order valence-electron chi connectivity index (χ0n) is 18.0. The van der Waals surface area contributed by atoms with Gasteiger partial charge in [0, 0.05) is 32.1 Å². The maximum absolute atomic E-state index is 14.5. The summed E-state index contributed by atoms with van der Waals surface area (Å²) in [4.78, 5) is 30.4. The number of nitriles is 1. The number of carbonyl (C=O) groups excluding carboxylic acids is 2. The second kappa shape index (κ2) is 9.71. The first kappa shape index (κ1) is 23.3. The summed E-state index contributed by atoms with van der Waals surface area (Å²) in [6.45, 7) is 5.14. The van der Waals surface area contributed by atoms with Gasteiger partial charge in [0.25, 0.3) is 5.91 Å². The molecule has 0 saturated heterocycles. The topological polar surface area (TPSA) is 99.7 Å². The van der Waals surface area contributed by atoms with Crippen LogP contribution in [0.5, 0.6) is 0 Å². The molecule has 31 heavy (non-hydrogen) atoms. The second-order valence-electron chi connectivity index (χ2n) is 7.78. The molecule has 0 atom stereocenters. The number of nitrogens with zero attached hydrogens (tertiary/aromatic N) is 4. The van der Waals surface area contributed by atoms with Crippen molar-refractivity contribution in [1.29, 1.82) is 5.26 Å². The Bertz CT molecular complexity index is 1070. The number of ether oxygens (including phenoxy) is 1. The van der Waals surface area contributed by atoms with Crippen molar-refractivity contribution in [1.82, 2.24) is 9.47 Å². The fourth-order valence-corrected chi connectivity index (χ4v) is 2.37. The number of halogens is 1. The van der Waals surface area contributed by atoms with Crippen molar-refractivity contribution in [2.24, 2.45) is 4.99 Å². The van der Waals surface area contributed by atoms with Gasteiger partial charge in [0.1, 0.15) is 11.7 Å². The Kier molecular flexibility index (Phi) is 7.32. The van der Waals surface area contributed by atoms with Gasteiger partial charge in [-0.2, -0.15) is 5.26 Å². The molecule has 2 rings (SSSR count). The average Bonchev–Trinajstić information content (AvgIpc) is 3.13. The molecule has 0 fully saturated rings. The van der Waals surface area contributed by atoms with E-state index in [2.05, 4.69) is 10.3 Å². The Morgan fingerprint density at radius 1 is 1.29 bits per heavy atom. The van der Waals surface area contributed by atoms with Gasteiger partial charge >= 0.3 is 6.09 Å². The van der Waals surface area contributed by atoms with E-state index in [9.17, 15) is 19.2 Å². The Hall–Kier alpha value is -3.93. The molecule has 1 amide bonds. The smallest absolute Gasteiger partial charge is 0.418 e. The molecule has 162 valence electrons. The number of amides is 1. The van der Waals surface area contributed by atoms with Crippen LogP contribution in [-0.2, 0) is 9.53 Å². The summed E-state index contributed by atoms with van der Waals surface area (Å²) >= 11 is 0. The van der Waals surface area contributed by atoms with Crippen LogP contribution < -0.4 is 5.32 Å². The first-order valence-corrected chi connectivity index (χ1v) is 9.34. The van der Waals surface area contributed by atoms with Crippen molar-refractivity contribution in [3.8, 4) is 6.07 Å². The van der Waals surface area contributed by atoms with E-state index in [1.807, 2.05) is 6.07 Å². The molecule has 0 bridgehead atoms. The van der Waals surface area contributed by atoms with E-state index in [0.29, 0.717) is 5.69 Å². The number of hydrogen-bond acceptors (Lipinski definition) is 5. The van der Waals surface area contributed by atoms with Gasteiger partial charge in [-0.25, -0.2) is 14.2 Å². The van der Waals surface area contributed by atoms with Crippen molar-refractivity contribution in [3.63, 3.8) is 0 Å². The molecule has 1 heterocycles. The fourth-order valence-electron chi connectivity index (χ4n) is 2.37. The van der Waals surface area contributed by atoms with Gasteiger partial charge < -0.3 is 15.0 Å². The van der Waals surface area contributed by atoms with Crippen LogP contribution in [0.2, 0.25) is 0 Å². The van der Waals surface area contributed by atoms with Crippen molar-refractivity contribution >= 4 is 35.8 Å². The van der Waals surface area contributed by atoms with Crippen LogP contribution in [0.1, 0.15) is 32.0 Å². The van der Waals surface area contributed by atoms with E-state index < -0.39 is 23.4 Å². The molecule has 2 aromatic rings. The third kappa shape index (κ3) is 6.82. The van der Waals surface area contributed by atoms with Crippen molar-refractivity contribution in [2.45, 2.75) is 26.4 Å². The highest BCUT2D eigenvalue weighted by atomic mass is 19.1. The van der Waals surface area contributed by atoms with Crippen LogP contribution in [-0.4, -0.2) is 47.5 Å². The van der Waals surface area contributed by atoms with Crippen LogP contribution in [0.4, 0.5) is 20.6 Å². The van der Waals surface area contributed by atoms with E-state index in [0.717, 1.165) is 10.6 Å². The van der Waals surface area contributed by atoms with Gasteiger partial charge in [-0.3, -0.25) is 9.36 Å². The Morgan fingerprint density at radius 2 is 2.00 bits per heavy atom. The predicted molar refractivity (Wildman–Crippen MR) is 117 cm³/mol. The van der Waals surface area contributed by atoms with E-state index in [-0.39, 0.29) is 16.9 Å². The summed E-state index contributed by atoms with van der Waals surface area (Å²) in [6, 6.07) is 9.46.